The number of nitrogens with one attached hydrogen (secondary N) is 1. The summed E-state index contributed by atoms with van der Waals surface area (Å²) in [6.07, 6.45) is 3.51. The zero-order valence-electron chi connectivity index (χ0n) is 13.7. The largest absolute Gasteiger partial charge is 0.313 e. The molecule has 1 aromatic rings. The quantitative estimate of drug-likeness (QED) is 0.713. The Labute approximate surface area is 124 Å². The van der Waals surface area contributed by atoms with Crippen molar-refractivity contribution in [1.29, 1.82) is 0 Å². The SMILES string of the molecule is CCCNC(CCC(C)C)C(C)(C)c1ccc(F)cc1. The summed E-state index contributed by atoms with van der Waals surface area (Å²) < 4.78 is 13.1. The minimum absolute atomic E-state index is 0.0117. The molecule has 0 amide bonds. The minimum Gasteiger partial charge on any atom is -0.313 e. The summed E-state index contributed by atoms with van der Waals surface area (Å²) in [7, 11) is 0. The van der Waals surface area contributed by atoms with Crippen molar-refractivity contribution in [3.63, 3.8) is 0 Å². The molecule has 0 aliphatic carbocycles. The second-order valence-electron chi connectivity index (χ2n) is 6.71. The Morgan fingerprint density at radius 3 is 2.20 bits per heavy atom. The zero-order chi connectivity index (χ0) is 15.2. The summed E-state index contributed by atoms with van der Waals surface area (Å²) in [5.41, 5.74) is 1.22. The van der Waals surface area contributed by atoms with Gasteiger partial charge in [0.05, 0.1) is 0 Å². The first-order valence-corrected chi connectivity index (χ1v) is 7.87. The predicted molar refractivity (Wildman–Crippen MR) is 85.6 cm³/mol. The molecule has 0 saturated carbocycles. The zero-order valence-corrected chi connectivity index (χ0v) is 13.7. The molecular weight excluding hydrogens is 249 g/mol. The molecule has 1 nitrogen and oxygen atoms in total. The van der Waals surface area contributed by atoms with Gasteiger partial charge in [-0.25, -0.2) is 4.39 Å². The van der Waals surface area contributed by atoms with E-state index >= 15 is 0 Å². The van der Waals surface area contributed by atoms with Crippen LogP contribution in [0.1, 0.15) is 59.4 Å². The van der Waals surface area contributed by atoms with Crippen LogP contribution in [0.15, 0.2) is 24.3 Å². The highest BCUT2D eigenvalue weighted by atomic mass is 19.1. The van der Waals surface area contributed by atoms with Crippen LogP contribution in [0.3, 0.4) is 0 Å². The number of rotatable bonds is 8. The molecule has 0 aliphatic rings. The molecule has 114 valence electrons. The molecule has 0 radical (unpaired) electrons. The first kappa shape index (κ1) is 17.2. The molecule has 0 heterocycles. The van der Waals surface area contributed by atoms with Crippen molar-refractivity contribution >= 4 is 0 Å². The van der Waals surface area contributed by atoms with E-state index in [1.807, 2.05) is 12.1 Å². The van der Waals surface area contributed by atoms with Crippen molar-refractivity contribution in [1.82, 2.24) is 5.32 Å². The van der Waals surface area contributed by atoms with Crippen LogP contribution < -0.4 is 5.32 Å². The molecule has 2 heteroatoms. The molecular formula is C18H30FN. The van der Waals surface area contributed by atoms with Crippen molar-refractivity contribution in [3.8, 4) is 0 Å². The van der Waals surface area contributed by atoms with Crippen LogP contribution in [0.4, 0.5) is 4.39 Å². The van der Waals surface area contributed by atoms with Gasteiger partial charge in [0.25, 0.3) is 0 Å². The van der Waals surface area contributed by atoms with Gasteiger partial charge >= 0.3 is 0 Å². The number of halogens is 1. The third kappa shape index (κ3) is 4.90. The van der Waals surface area contributed by atoms with Gasteiger partial charge in [-0.1, -0.05) is 46.8 Å². The summed E-state index contributed by atoms with van der Waals surface area (Å²) in [5, 5.41) is 3.68. The van der Waals surface area contributed by atoms with Crippen molar-refractivity contribution in [3.05, 3.63) is 35.6 Å². The average Bonchev–Trinajstić information content (AvgIpc) is 2.38. The molecule has 0 aromatic heterocycles. The Bertz CT molecular complexity index is 381. The van der Waals surface area contributed by atoms with Gasteiger partial charge in [0.15, 0.2) is 0 Å². The van der Waals surface area contributed by atoms with Crippen molar-refractivity contribution in [2.45, 2.75) is 65.3 Å². The van der Waals surface area contributed by atoms with Gasteiger partial charge < -0.3 is 5.32 Å². The van der Waals surface area contributed by atoms with E-state index in [9.17, 15) is 4.39 Å². The maximum absolute atomic E-state index is 13.1. The van der Waals surface area contributed by atoms with Crippen LogP contribution in [0.25, 0.3) is 0 Å². The Morgan fingerprint density at radius 2 is 1.70 bits per heavy atom. The van der Waals surface area contributed by atoms with Crippen LogP contribution in [-0.2, 0) is 5.41 Å². The van der Waals surface area contributed by atoms with E-state index in [1.54, 1.807) is 12.1 Å². The maximum Gasteiger partial charge on any atom is 0.123 e. The molecule has 0 fully saturated rings. The van der Waals surface area contributed by atoms with Gasteiger partial charge in [-0.3, -0.25) is 0 Å². The molecule has 1 N–H and O–H groups in total. The van der Waals surface area contributed by atoms with Crippen molar-refractivity contribution in [2.24, 2.45) is 5.92 Å². The third-order valence-electron chi connectivity index (χ3n) is 4.13. The van der Waals surface area contributed by atoms with Crippen LogP contribution >= 0.6 is 0 Å². The van der Waals surface area contributed by atoms with E-state index in [4.69, 9.17) is 0 Å². The van der Waals surface area contributed by atoms with Gasteiger partial charge in [-0.2, -0.15) is 0 Å². The fourth-order valence-electron chi connectivity index (χ4n) is 2.62. The topological polar surface area (TPSA) is 12.0 Å². The fourth-order valence-corrected chi connectivity index (χ4v) is 2.62. The molecule has 1 unspecified atom stereocenters. The van der Waals surface area contributed by atoms with Gasteiger partial charge in [0, 0.05) is 11.5 Å². The molecule has 20 heavy (non-hydrogen) atoms. The molecule has 0 spiro atoms. The number of hydrogen-bond donors (Lipinski definition) is 1. The first-order valence-electron chi connectivity index (χ1n) is 7.87. The second-order valence-corrected chi connectivity index (χ2v) is 6.71. The van der Waals surface area contributed by atoms with E-state index < -0.39 is 0 Å². The predicted octanol–water partition coefficient (Wildman–Crippen LogP) is 4.91. The summed E-state index contributed by atoms with van der Waals surface area (Å²) in [5.74, 6) is 0.551. The number of benzene rings is 1. The summed E-state index contributed by atoms with van der Waals surface area (Å²) >= 11 is 0. The number of hydrogen-bond acceptors (Lipinski definition) is 1. The second kappa shape index (κ2) is 7.78. The lowest BCUT2D eigenvalue weighted by atomic mass is 9.75. The standard InChI is InChI=1S/C18H30FN/c1-6-13-20-17(12-7-14(2)3)18(4,5)15-8-10-16(19)11-9-15/h8-11,14,17,20H,6-7,12-13H2,1-5H3. The Morgan fingerprint density at radius 1 is 1.10 bits per heavy atom. The Balaban J connectivity index is 2.87. The summed E-state index contributed by atoms with van der Waals surface area (Å²) in [4.78, 5) is 0. The lowest BCUT2D eigenvalue weighted by molar-refractivity contribution is 0.304. The molecule has 1 aromatic carbocycles. The van der Waals surface area contributed by atoms with Gasteiger partial charge in [-0.05, 0) is 49.4 Å². The molecule has 1 atom stereocenters. The highest BCUT2D eigenvalue weighted by Gasteiger charge is 2.30. The van der Waals surface area contributed by atoms with Crippen molar-refractivity contribution in [2.75, 3.05) is 6.54 Å². The third-order valence-corrected chi connectivity index (χ3v) is 4.13. The first-order chi connectivity index (χ1) is 9.37. The minimum atomic E-state index is -0.162. The normalized spacial score (nSPS) is 13.8. The van der Waals surface area contributed by atoms with E-state index in [0.29, 0.717) is 12.0 Å². The van der Waals surface area contributed by atoms with E-state index in [1.165, 1.54) is 12.0 Å². The summed E-state index contributed by atoms with van der Waals surface area (Å²) in [6, 6.07) is 7.40. The molecule has 1 rings (SSSR count). The van der Waals surface area contributed by atoms with Gasteiger partial charge in [-0.15, -0.1) is 0 Å². The van der Waals surface area contributed by atoms with Gasteiger partial charge in [0.1, 0.15) is 5.82 Å². The van der Waals surface area contributed by atoms with Crippen LogP contribution in [0.5, 0.6) is 0 Å². The monoisotopic (exact) mass is 279 g/mol. The Kier molecular flexibility index (Phi) is 6.67. The Hall–Kier alpha value is -0.890. The average molecular weight is 279 g/mol. The molecule has 0 aliphatic heterocycles. The highest BCUT2D eigenvalue weighted by molar-refractivity contribution is 5.26. The smallest absolute Gasteiger partial charge is 0.123 e. The lowest BCUT2D eigenvalue weighted by Gasteiger charge is -2.36. The van der Waals surface area contributed by atoms with E-state index in [0.717, 1.165) is 19.4 Å². The van der Waals surface area contributed by atoms with Crippen molar-refractivity contribution < 1.29 is 4.39 Å². The highest BCUT2D eigenvalue weighted by Crippen LogP contribution is 2.30. The van der Waals surface area contributed by atoms with Crippen LogP contribution in [0.2, 0.25) is 0 Å². The maximum atomic E-state index is 13.1. The van der Waals surface area contributed by atoms with Crippen LogP contribution in [-0.4, -0.2) is 12.6 Å². The fraction of sp³-hybridized carbons (Fsp3) is 0.667. The molecule has 0 bridgehead atoms. The molecule has 0 saturated heterocycles. The van der Waals surface area contributed by atoms with Gasteiger partial charge in [0.2, 0.25) is 0 Å². The van der Waals surface area contributed by atoms with E-state index in [2.05, 4.69) is 39.9 Å². The lowest BCUT2D eigenvalue weighted by Crippen LogP contribution is -2.45. The van der Waals surface area contributed by atoms with E-state index in [-0.39, 0.29) is 11.2 Å². The summed E-state index contributed by atoms with van der Waals surface area (Å²) in [6.45, 7) is 12.3. The van der Waals surface area contributed by atoms with Crippen LogP contribution in [0, 0.1) is 11.7 Å².